The van der Waals surface area contributed by atoms with Crippen LogP contribution < -0.4 is 0 Å². The molecule has 29 nitrogen and oxygen atoms in total. The highest BCUT2D eigenvalue weighted by atomic mass is 32.3. The van der Waals surface area contributed by atoms with E-state index in [1.54, 1.807) is 0 Å². The minimum Gasteiger partial charge on any atom is -0.462 e. The normalized spacial score (nSPS) is 50.2. The minimum atomic E-state index is -5.26. The van der Waals surface area contributed by atoms with Crippen molar-refractivity contribution in [3.8, 4) is 0 Å². The van der Waals surface area contributed by atoms with Crippen molar-refractivity contribution in [2.24, 2.45) is 39.4 Å². The number of carbonyl (C=O) groups is 2. The summed E-state index contributed by atoms with van der Waals surface area (Å²) in [4.78, 5) is 27.6. The topological polar surface area (TPSA) is 420 Å². The van der Waals surface area contributed by atoms with Gasteiger partial charge in [-0.3, -0.25) is 14.1 Å². The average Bonchev–Trinajstić information content (AvgIpc) is 1.46. The molecule has 10 aliphatic rings. The van der Waals surface area contributed by atoms with Crippen LogP contribution in [0.3, 0.4) is 0 Å². The van der Waals surface area contributed by atoms with Crippen LogP contribution in [0.4, 0.5) is 0 Å². The molecule has 0 unspecified atom stereocenters. The Morgan fingerprint density at radius 1 is 0.700 bits per heavy atom. The number of aliphatic hydroxyl groups excluding tert-OH is 10. The van der Waals surface area contributed by atoms with E-state index >= 15 is 0 Å². The number of hydrogen-bond acceptors (Lipinski definition) is 28. The van der Waals surface area contributed by atoms with Crippen LogP contribution in [0.5, 0.6) is 0 Å². The summed E-state index contributed by atoms with van der Waals surface area (Å²) in [6.45, 7) is 16.8. The summed E-state index contributed by atoms with van der Waals surface area (Å²) in [5, 5.41) is 111. The van der Waals surface area contributed by atoms with Gasteiger partial charge in [-0.25, -0.2) is 4.18 Å². The highest BCUT2D eigenvalue weighted by molar-refractivity contribution is 7.80. The number of fused-ring (bicyclic) bond motifs is 4. The van der Waals surface area contributed by atoms with E-state index in [4.69, 9.17) is 65.8 Å². The Morgan fingerprint density at radius 2 is 1.32 bits per heavy atom. The number of methoxy groups -OCH3 is 1. The van der Waals surface area contributed by atoms with E-state index in [1.807, 2.05) is 13.8 Å². The van der Waals surface area contributed by atoms with Crippen molar-refractivity contribution in [3.63, 3.8) is 0 Å². The first-order valence-corrected chi connectivity index (χ1v) is 32.6. The molecular weight excluding hydrogens is 1220 g/mol. The van der Waals surface area contributed by atoms with Crippen molar-refractivity contribution in [1.29, 1.82) is 0 Å². The van der Waals surface area contributed by atoms with Gasteiger partial charge in [0, 0.05) is 19.4 Å². The average molecular weight is 1310 g/mol. The van der Waals surface area contributed by atoms with Gasteiger partial charge in [0.1, 0.15) is 109 Å². The molecule has 0 radical (unpaired) electrons. The molecule has 30 heteroatoms. The predicted molar refractivity (Wildman–Crippen MR) is 302 cm³/mol. The van der Waals surface area contributed by atoms with Gasteiger partial charge in [-0.05, 0) is 101 Å². The van der Waals surface area contributed by atoms with Crippen LogP contribution in [0.15, 0.2) is 23.8 Å². The van der Waals surface area contributed by atoms with E-state index < -0.39 is 212 Å². The van der Waals surface area contributed by atoms with E-state index in [0.29, 0.717) is 44.9 Å². The van der Waals surface area contributed by atoms with Gasteiger partial charge >= 0.3 is 22.3 Å². The third-order valence-corrected chi connectivity index (χ3v) is 22.5. The zero-order valence-electron chi connectivity index (χ0n) is 52.2. The SMILES string of the molecule is C=C(C)CCC[C@]1(C)OC(=O)[C@]23CC[C@@H]4C(=CC[C@H]5C(C)(C)[C@@H](O[C@@H]6OC[C@@H](OS(=O)(=O)O)[C@H](O)[C@H]6O[C@@H]6O[C@H](C)[C@@H](O[C@@H]7OC[C@@H](O)[C@H](O[C@@H]8O[C@H](CO)[C@@H](O)[C@H](OC)[C@H]8O)[C@H]7O)[C@H](O)[C@H]6O[C@@H]6OC[C@@H](O)[C@H](O)[C@H]6O)CC[C@]45C)[C@]2(C)C[C@H](OC(C)=O)[C@@H]31. The molecule has 0 aromatic heterocycles. The summed E-state index contributed by atoms with van der Waals surface area (Å²) in [5.41, 5.74) is -1.45. The lowest BCUT2D eigenvalue weighted by atomic mass is 9.41. The summed E-state index contributed by atoms with van der Waals surface area (Å²) >= 11 is 0. The van der Waals surface area contributed by atoms with Crippen LogP contribution in [0.1, 0.15) is 113 Å². The molecule has 9 fully saturated rings. The van der Waals surface area contributed by atoms with E-state index in [2.05, 4.69) is 40.3 Å². The zero-order chi connectivity index (χ0) is 65.7. The molecule has 10 rings (SSSR count). The van der Waals surface area contributed by atoms with Crippen molar-refractivity contribution in [3.05, 3.63) is 23.8 Å². The molecule has 3 saturated carbocycles. The molecule has 6 aliphatic heterocycles. The van der Waals surface area contributed by atoms with Gasteiger partial charge in [-0.15, -0.1) is 6.58 Å². The molecule has 11 N–H and O–H groups in total. The standard InChI is InChI=1S/C60H94O29S/c1-25(2)12-11-17-59(9)49-32(81-27(4)62)20-58(8)29-13-14-35-56(5,6)36(16-18-57(35,7)28(29)15-19-60(49,58)55(72)88-59)83-53-47(39(67)34(24-79-53)89-90(73,74)75)87-54-48(86-50-40(68)37(65)30(63)22-77-50)41(69)44(26(3)80-54)84-51-42(70)45(31(64)23-78-51)85-52-43(71)46(76-10)38(66)33(21-61)82-52/h13,26,28,30-54,61,63-71H,1,11-12,14-24H2,2-10H3,(H,73,74,75)/t26-,28-,30-,31-,32+,33-,34-,35+,36+,37+,38-,39+,40-,41+,42-,43-,44-,45+,46+,47-,48-,49-,50+,51+,52+,53+,54+,57-,58+,59+,60-/m1/s1. The molecular formula is C60H94O29S. The molecule has 1 spiro atoms. The third-order valence-electron chi connectivity index (χ3n) is 22.0. The largest absolute Gasteiger partial charge is 0.462 e. The number of esters is 2. The Balaban J connectivity index is 0.905. The van der Waals surface area contributed by atoms with Gasteiger partial charge in [-0.1, -0.05) is 44.9 Å². The quantitative estimate of drug-likeness (QED) is 0.0423. The molecule has 4 aliphatic carbocycles. The molecule has 6 saturated heterocycles. The molecule has 514 valence electrons. The Kier molecular flexibility index (Phi) is 20.7. The van der Waals surface area contributed by atoms with Crippen LogP contribution in [0, 0.1) is 39.4 Å². The van der Waals surface area contributed by atoms with Crippen LogP contribution >= 0.6 is 0 Å². The first-order valence-electron chi connectivity index (χ1n) is 31.3. The summed E-state index contributed by atoms with van der Waals surface area (Å²) in [7, 11) is -4.07. The summed E-state index contributed by atoms with van der Waals surface area (Å²) in [6.07, 6.45) is -31.4. The fraction of sp³-hybridized carbons (Fsp3) is 0.900. The van der Waals surface area contributed by atoms with Gasteiger partial charge in [0.25, 0.3) is 0 Å². The Hall–Kier alpha value is -2.55. The van der Waals surface area contributed by atoms with Gasteiger partial charge in [0.2, 0.25) is 0 Å². The fourth-order valence-electron chi connectivity index (χ4n) is 17.6. The lowest BCUT2D eigenvalue weighted by Crippen LogP contribution is -2.67. The van der Waals surface area contributed by atoms with E-state index in [0.717, 1.165) is 24.0 Å². The van der Waals surface area contributed by atoms with Crippen molar-refractivity contribution in [2.45, 2.75) is 266 Å². The molecule has 31 atom stereocenters. The predicted octanol–water partition coefficient (Wildman–Crippen LogP) is -0.917. The van der Waals surface area contributed by atoms with Crippen molar-refractivity contribution in [2.75, 3.05) is 33.5 Å². The van der Waals surface area contributed by atoms with Crippen molar-refractivity contribution >= 4 is 22.3 Å². The van der Waals surface area contributed by atoms with Crippen LogP contribution in [-0.2, 0) is 85.8 Å². The lowest BCUT2D eigenvalue weighted by Gasteiger charge is -2.64. The summed E-state index contributed by atoms with van der Waals surface area (Å²) in [5.74, 6) is -1.16. The number of rotatable bonds is 19. The molecule has 0 aromatic rings. The first-order chi connectivity index (χ1) is 42.2. The van der Waals surface area contributed by atoms with E-state index in [-0.39, 0.29) is 29.1 Å². The number of cyclic esters (lactones) is 1. The van der Waals surface area contributed by atoms with Crippen molar-refractivity contribution < 1.29 is 139 Å². The van der Waals surface area contributed by atoms with Crippen LogP contribution in [0.25, 0.3) is 0 Å². The second-order valence-electron chi connectivity index (χ2n) is 28.0. The monoisotopic (exact) mass is 1310 g/mol. The van der Waals surface area contributed by atoms with Gasteiger partial charge in [0.15, 0.2) is 31.5 Å². The maximum atomic E-state index is 14.8. The molecule has 0 aromatic carbocycles. The highest BCUT2D eigenvalue weighted by Gasteiger charge is 2.79. The number of ether oxygens (including phenoxy) is 13. The molecule has 90 heavy (non-hydrogen) atoms. The smallest absolute Gasteiger partial charge is 0.397 e. The van der Waals surface area contributed by atoms with Crippen molar-refractivity contribution in [1.82, 2.24) is 0 Å². The summed E-state index contributed by atoms with van der Waals surface area (Å²) < 4.78 is 118. The third kappa shape index (κ3) is 12.5. The molecule has 0 bridgehead atoms. The second kappa shape index (κ2) is 26.5. The minimum absolute atomic E-state index is 0.00764. The fourth-order valence-corrected chi connectivity index (χ4v) is 18.0. The van der Waals surface area contributed by atoms with Crippen LogP contribution in [-0.4, -0.2) is 263 Å². The van der Waals surface area contributed by atoms with Gasteiger partial charge in [-0.2, -0.15) is 8.42 Å². The zero-order valence-corrected chi connectivity index (χ0v) is 53.1. The van der Waals surface area contributed by atoms with Gasteiger partial charge < -0.3 is 113 Å². The van der Waals surface area contributed by atoms with E-state index in [1.165, 1.54) is 21.0 Å². The van der Waals surface area contributed by atoms with E-state index in [9.17, 15) is 73.6 Å². The number of allylic oxidation sites excluding steroid dienone is 3. The highest BCUT2D eigenvalue weighted by Crippen LogP contribution is 2.77. The summed E-state index contributed by atoms with van der Waals surface area (Å²) in [6, 6.07) is 0. The van der Waals surface area contributed by atoms with Crippen LogP contribution in [0.2, 0.25) is 0 Å². The lowest BCUT2D eigenvalue weighted by molar-refractivity contribution is -0.399. The maximum absolute atomic E-state index is 14.8. The Bertz CT molecular complexity index is 2720. The Labute approximate surface area is 523 Å². The first kappa shape index (κ1) is 70.3. The van der Waals surface area contributed by atoms with Gasteiger partial charge in [0.05, 0.1) is 50.0 Å². The second-order valence-corrected chi connectivity index (χ2v) is 29.0. The number of aliphatic hydroxyl groups is 10. The Morgan fingerprint density at radius 3 is 1.98 bits per heavy atom. The number of hydrogen-bond donors (Lipinski definition) is 11. The molecule has 6 heterocycles. The maximum Gasteiger partial charge on any atom is 0.397 e. The molecule has 0 amide bonds. The number of carbonyl (C=O) groups excluding carboxylic acids is 2.